The van der Waals surface area contributed by atoms with Crippen LogP contribution in [0.25, 0.3) is 11.2 Å². The van der Waals surface area contributed by atoms with Crippen molar-refractivity contribution in [2.75, 3.05) is 18.1 Å². The molecule has 0 spiro atoms. The van der Waals surface area contributed by atoms with E-state index < -0.39 is 0 Å². The van der Waals surface area contributed by atoms with E-state index in [2.05, 4.69) is 31.8 Å². The second kappa shape index (κ2) is 4.40. The van der Waals surface area contributed by atoms with Crippen LogP contribution in [0.2, 0.25) is 0 Å². The van der Waals surface area contributed by atoms with Crippen LogP contribution in [0.4, 0.5) is 5.95 Å². The maximum Gasteiger partial charge on any atom is 0.278 e. The summed E-state index contributed by atoms with van der Waals surface area (Å²) in [5.74, 6) is 1.14. The van der Waals surface area contributed by atoms with Gasteiger partial charge < -0.3 is 10.3 Å². The number of hydrogen-bond donors (Lipinski definition) is 3. The summed E-state index contributed by atoms with van der Waals surface area (Å²) in [5.41, 5.74) is 0.581. The van der Waals surface area contributed by atoms with Crippen molar-refractivity contribution in [1.82, 2.24) is 19.9 Å². The molecule has 2 aromatic heterocycles. The van der Waals surface area contributed by atoms with Crippen molar-refractivity contribution >= 4 is 28.9 Å². The van der Waals surface area contributed by atoms with E-state index in [0.717, 1.165) is 5.75 Å². The molecule has 0 aromatic carbocycles. The Morgan fingerprint density at radius 1 is 1.50 bits per heavy atom. The van der Waals surface area contributed by atoms with E-state index in [1.165, 1.54) is 11.8 Å². The molecular weight excluding hydrogens is 226 g/mol. The number of H-pyrrole nitrogens is 2. The first kappa shape index (κ1) is 10.7. The average molecular weight is 237 g/mol. The smallest absolute Gasteiger partial charge is 0.278 e. The topological polar surface area (TPSA) is 86.5 Å². The summed E-state index contributed by atoms with van der Waals surface area (Å²) in [5, 5.41) is 3.44. The first-order valence-corrected chi connectivity index (χ1v) is 5.64. The molecular formula is C9H11N5OS. The fourth-order valence-electron chi connectivity index (χ4n) is 1.21. The number of imidazole rings is 1. The van der Waals surface area contributed by atoms with Crippen molar-refractivity contribution in [2.24, 2.45) is 0 Å². The van der Waals surface area contributed by atoms with Gasteiger partial charge in [-0.2, -0.15) is 4.98 Å². The molecule has 2 aromatic rings. The van der Waals surface area contributed by atoms with E-state index in [1.54, 1.807) is 13.1 Å². The zero-order chi connectivity index (χ0) is 11.5. The Bertz CT molecular complexity index is 573. The number of nitrogens with one attached hydrogen (secondary N) is 3. The number of thioether (sulfide) groups is 1. The van der Waals surface area contributed by atoms with Crippen LogP contribution in [-0.4, -0.2) is 32.7 Å². The molecule has 0 aliphatic heterocycles. The van der Waals surface area contributed by atoms with Crippen LogP contribution in [0.15, 0.2) is 22.6 Å². The first-order valence-electron chi connectivity index (χ1n) is 4.66. The van der Waals surface area contributed by atoms with Crippen LogP contribution in [0.3, 0.4) is 0 Å². The molecule has 0 aliphatic carbocycles. The Morgan fingerprint density at radius 3 is 3.00 bits per heavy atom. The van der Waals surface area contributed by atoms with Gasteiger partial charge in [-0.15, -0.1) is 6.58 Å². The van der Waals surface area contributed by atoms with E-state index in [0.29, 0.717) is 22.3 Å². The molecule has 2 rings (SSSR count). The van der Waals surface area contributed by atoms with E-state index in [1.807, 2.05) is 0 Å². The van der Waals surface area contributed by atoms with Gasteiger partial charge in [0.25, 0.3) is 5.56 Å². The van der Waals surface area contributed by atoms with Crippen LogP contribution >= 0.6 is 11.8 Å². The van der Waals surface area contributed by atoms with Gasteiger partial charge in [-0.1, -0.05) is 17.8 Å². The minimum absolute atomic E-state index is 0.229. The van der Waals surface area contributed by atoms with Crippen LogP contribution in [-0.2, 0) is 0 Å². The van der Waals surface area contributed by atoms with Gasteiger partial charge in [0.1, 0.15) is 0 Å². The Kier molecular flexibility index (Phi) is 2.95. The Balaban J connectivity index is 2.48. The van der Waals surface area contributed by atoms with Gasteiger partial charge in [-0.05, 0) is 0 Å². The highest BCUT2D eigenvalue weighted by Crippen LogP contribution is 2.16. The molecule has 2 heterocycles. The molecule has 0 amide bonds. The highest BCUT2D eigenvalue weighted by molar-refractivity contribution is 7.99. The lowest BCUT2D eigenvalue weighted by Gasteiger charge is -1.95. The monoisotopic (exact) mass is 237 g/mol. The minimum atomic E-state index is -0.229. The normalized spacial score (nSPS) is 10.6. The molecule has 0 aliphatic rings. The highest BCUT2D eigenvalue weighted by atomic mass is 32.2. The second-order valence-corrected chi connectivity index (χ2v) is 4.01. The van der Waals surface area contributed by atoms with Gasteiger partial charge in [0.15, 0.2) is 16.3 Å². The summed E-state index contributed by atoms with van der Waals surface area (Å²) >= 11 is 1.47. The third kappa shape index (κ3) is 1.94. The second-order valence-electron chi connectivity index (χ2n) is 3.00. The lowest BCUT2D eigenvalue weighted by molar-refractivity contribution is 1.07. The van der Waals surface area contributed by atoms with Crippen molar-refractivity contribution < 1.29 is 0 Å². The summed E-state index contributed by atoms with van der Waals surface area (Å²) in [6.45, 7) is 3.62. The summed E-state index contributed by atoms with van der Waals surface area (Å²) in [4.78, 5) is 25.5. The third-order valence-corrected chi connectivity index (χ3v) is 2.78. The fourth-order valence-corrected chi connectivity index (χ4v) is 1.81. The molecule has 0 radical (unpaired) electrons. The first-order chi connectivity index (χ1) is 7.74. The molecule has 0 fully saturated rings. The lowest BCUT2D eigenvalue weighted by atomic mass is 10.5. The number of rotatable bonds is 4. The third-order valence-electron chi connectivity index (χ3n) is 1.91. The Hall–Kier alpha value is -1.76. The SMILES string of the molecule is C=CCSc1nc2nc(NC)[nH]c(=O)c2[nH]1. The molecule has 3 N–H and O–H groups in total. The quantitative estimate of drug-likeness (QED) is 0.545. The molecule has 0 bridgehead atoms. The number of aromatic amines is 2. The number of hydrogen-bond acceptors (Lipinski definition) is 5. The van der Waals surface area contributed by atoms with Crippen molar-refractivity contribution in [3.63, 3.8) is 0 Å². The van der Waals surface area contributed by atoms with Crippen molar-refractivity contribution in [2.45, 2.75) is 5.16 Å². The number of fused-ring (bicyclic) bond motifs is 1. The van der Waals surface area contributed by atoms with Gasteiger partial charge >= 0.3 is 0 Å². The summed E-state index contributed by atoms with van der Waals surface area (Å²) in [6, 6.07) is 0. The Labute approximate surface area is 95.6 Å². The van der Waals surface area contributed by atoms with Crippen LogP contribution in [0.1, 0.15) is 0 Å². The zero-order valence-corrected chi connectivity index (χ0v) is 9.52. The maximum absolute atomic E-state index is 11.6. The molecule has 16 heavy (non-hydrogen) atoms. The van der Waals surface area contributed by atoms with Crippen LogP contribution in [0, 0.1) is 0 Å². The molecule has 0 atom stereocenters. The molecule has 0 unspecified atom stereocenters. The lowest BCUT2D eigenvalue weighted by Crippen LogP contribution is -2.11. The molecule has 0 saturated heterocycles. The summed E-state index contributed by atoms with van der Waals surface area (Å²) < 4.78 is 0. The molecule has 7 heteroatoms. The minimum Gasteiger partial charge on any atom is -0.359 e. The maximum atomic E-state index is 11.6. The number of aromatic nitrogens is 4. The summed E-state index contributed by atoms with van der Waals surface area (Å²) in [7, 11) is 1.68. The van der Waals surface area contributed by atoms with Gasteiger partial charge in [0.05, 0.1) is 0 Å². The van der Waals surface area contributed by atoms with Crippen molar-refractivity contribution in [3.05, 3.63) is 23.0 Å². The molecule has 84 valence electrons. The zero-order valence-electron chi connectivity index (χ0n) is 8.70. The largest absolute Gasteiger partial charge is 0.359 e. The van der Waals surface area contributed by atoms with E-state index >= 15 is 0 Å². The average Bonchev–Trinajstić information content (AvgIpc) is 2.69. The Morgan fingerprint density at radius 2 is 2.31 bits per heavy atom. The van der Waals surface area contributed by atoms with E-state index in [4.69, 9.17) is 0 Å². The van der Waals surface area contributed by atoms with Crippen LogP contribution in [0.5, 0.6) is 0 Å². The van der Waals surface area contributed by atoms with Gasteiger partial charge in [-0.25, -0.2) is 4.98 Å². The highest BCUT2D eigenvalue weighted by Gasteiger charge is 2.08. The van der Waals surface area contributed by atoms with Gasteiger partial charge in [-0.3, -0.25) is 9.78 Å². The van der Waals surface area contributed by atoms with E-state index in [-0.39, 0.29) is 5.56 Å². The van der Waals surface area contributed by atoms with E-state index in [9.17, 15) is 4.79 Å². The number of nitrogens with zero attached hydrogens (tertiary/aromatic N) is 2. The molecule has 0 saturated carbocycles. The predicted octanol–water partition coefficient (Wildman–Crippen LogP) is 0.966. The standard InChI is InChI=1S/C9H11N5OS/c1-3-4-16-9-11-5-6(13-9)12-8(10-2)14-7(5)15/h3H,1,4H2,2H3,(H3,10,11,12,13,14,15). The van der Waals surface area contributed by atoms with Crippen molar-refractivity contribution in [3.8, 4) is 0 Å². The van der Waals surface area contributed by atoms with Crippen molar-refractivity contribution in [1.29, 1.82) is 0 Å². The molecule has 6 nitrogen and oxygen atoms in total. The van der Waals surface area contributed by atoms with Gasteiger partial charge in [0.2, 0.25) is 5.95 Å². The number of anilines is 1. The van der Waals surface area contributed by atoms with Gasteiger partial charge in [0, 0.05) is 12.8 Å². The fraction of sp³-hybridized carbons (Fsp3) is 0.222. The predicted molar refractivity (Wildman–Crippen MR) is 65.0 cm³/mol. The summed E-state index contributed by atoms with van der Waals surface area (Å²) in [6.07, 6.45) is 1.77. The van der Waals surface area contributed by atoms with Crippen LogP contribution < -0.4 is 10.9 Å².